The average molecular weight is 413 g/mol. The van der Waals surface area contributed by atoms with Gasteiger partial charge in [-0.25, -0.2) is 15.0 Å². The molecule has 1 saturated heterocycles. The highest BCUT2D eigenvalue weighted by Gasteiger charge is 2.36. The van der Waals surface area contributed by atoms with Crippen LogP contribution in [0.1, 0.15) is 44.0 Å². The van der Waals surface area contributed by atoms with Crippen molar-refractivity contribution in [2.45, 2.75) is 50.7 Å². The number of imidazole rings is 1. The number of hydrogen-bond donors (Lipinski definition) is 3. The van der Waals surface area contributed by atoms with Crippen molar-refractivity contribution in [2.75, 3.05) is 19.0 Å². The smallest absolute Gasteiger partial charge is 0.167 e. The third kappa shape index (κ3) is 3.96. The Kier molecular flexibility index (Phi) is 6.12. The minimum absolute atomic E-state index is 0.0521. The molecule has 0 radical (unpaired) electrons. The van der Waals surface area contributed by atoms with E-state index in [0.717, 1.165) is 24.2 Å². The Morgan fingerprint density at radius 1 is 1.27 bits per heavy atom. The lowest BCUT2D eigenvalue weighted by Crippen LogP contribution is -2.19. The molecule has 3 N–H and O–H groups in total. The highest BCUT2D eigenvalue weighted by Crippen LogP contribution is 2.33. The Labute approximate surface area is 174 Å². The Balaban J connectivity index is 1.63. The van der Waals surface area contributed by atoms with Crippen molar-refractivity contribution in [1.82, 2.24) is 19.5 Å². The molecule has 1 aliphatic rings. The van der Waals surface area contributed by atoms with Crippen molar-refractivity contribution >= 4 is 17.0 Å². The standard InChI is InChI=1S/C21H27N5O4/c1-3-4-16(13-5-7-14(29-2)8-6-13)25-19-18-20(23-11-22-19)26(12-24-18)21-17(28)9-15(10-27)30-21/h5-8,11-12,15-17,21,27-28H,3-4,9-10H2,1-2H3,(H,22,23,25). The first-order valence-electron chi connectivity index (χ1n) is 10.2. The number of hydrogen-bond acceptors (Lipinski definition) is 8. The summed E-state index contributed by atoms with van der Waals surface area (Å²) in [7, 11) is 1.65. The third-order valence-corrected chi connectivity index (χ3v) is 5.41. The van der Waals surface area contributed by atoms with Gasteiger partial charge in [-0.05, 0) is 24.1 Å². The van der Waals surface area contributed by atoms with Gasteiger partial charge in [0.15, 0.2) is 23.2 Å². The zero-order chi connectivity index (χ0) is 21.1. The highest BCUT2D eigenvalue weighted by molar-refractivity contribution is 5.83. The largest absolute Gasteiger partial charge is 0.497 e. The number of nitrogens with zero attached hydrogens (tertiary/aromatic N) is 4. The molecule has 9 nitrogen and oxygen atoms in total. The van der Waals surface area contributed by atoms with Crippen LogP contribution < -0.4 is 10.1 Å². The summed E-state index contributed by atoms with van der Waals surface area (Å²) in [5.74, 6) is 1.44. The second-order valence-corrected chi connectivity index (χ2v) is 7.44. The number of benzene rings is 1. The van der Waals surface area contributed by atoms with Crippen LogP contribution in [-0.2, 0) is 4.74 Å². The first kappa shape index (κ1) is 20.5. The van der Waals surface area contributed by atoms with Crippen LogP contribution in [0.15, 0.2) is 36.9 Å². The molecule has 30 heavy (non-hydrogen) atoms. The number of fused-ring (bicyclic) bond motifs is 1. The number of rotatable bonds is 8. The van der Waals surface area contributed by atoms with Crippen molar-refractivity contribution in [3.05, 3.63) is 42.5 Å². The molecule has 4 rings (SSSR count). The molecule has 0 spiro atoms. The van der Waals surface area contributed by atoms with Gasteiger partial charge in [0.05, 0.1) is 32.2 Å². The molecule has 1 aromatic carbocycles. The van der Waals surface area contributed by atoms with Crippen LogP contribution in [-0.4, -0.2) is 55.7 Å². The predicted molar refractivity (Wildman–Crippen MR) is 111 cm³/mol. The maximum Gasteiger partial charge on any atom is 0.167 e. The highest BCUT2D eigenvalue weighted by atomic mass is 16.5. The van der Waals surface area contributed by atoms with Crippen molar-refractivity contribution in [2.24, 2.45) is 0 Å². The molecular weight excluding hydrogens is 386 g/mol. The van der Waals surface area contributed by atoms with E-state index in [1.165, 1.54) is 6.33 Å². The van der Waals surface area contributed by atoms with E-state index in [9.17, 15) is 10.2 Å². The minimum Gasteiger partial charge on any atom is -0.497 e. The number of ether oxygens (including phenoxy) is 2. The first-order chi connectivity index (χ1) is 14.6. The quantitative estimate of drug-likeness (QED) is 0.516. The van der Waals surface area contributed by atoms with Crippen molar-refractivity contribution in [3.63, 3.8) is 0 Å². The van der Waals surface area contributed by atoms with E-state index in [4.69, 9.17) is 9.47 Å². The van der Waals surface area contributed by atoms with E-state index in [2.05, 4.69) is 27.2 Å². The number of aromatic nitrogens is 4. The molecule has 160 valence electrons. The van der Waals surface area contributed by atoms with Crippen molar-refractivity contribution in [3.8, 4) is 5.75 Å². The van der Waals surface area contributed by atoms with E-state index in [0.29, 0.717) is 23.4 Å². The summed E-state index contributed by atoms with van der Waals surface area (Å²) >= 11 is 0. The maximum absolute atomic E-state index is 10.3. The molecule has 4 unspecified atom stereocenters. The number of aliphatic hydroxyl groups excluding tert-OH is 2. The van der Waals surface area contributed by atoms with Gasteiger partial charge in [-0.3, -0.25) is 4.57 Å². The monoisotopic (exact) mass is 413 g/mol. The molecule has 0 amide bonds. The van der Waals surface area contributed by atoms with Crippen LogP contribution >= 0.6 is 0 Å². The molecule has 0 bridgehead atoms. The van der Waals surface area contributed by atoms with Crippen LogP contribution in [0, 0.1) is 0 Å². The van der Waals surface area contributed by atoms with Crippen LogP contribution in [0.3, 0.4) is 0 Å². The second-order valence-electron chi connectivity index (χ2n) is 7.44. The van der Waals surface area contributed by atoms with Crippen LogP contribution in [0.2, 0.25) is 0 Å². The molecule has 4 atom stereocenters. The zero-order valence-electron chi connectivity index (χ0n) is 17.1. The lowest BCUT2D eigenvalue weighted by Gasteiger charge is -2.20. The van der Waals surface area contributed by atoms with Gasteiger partial charge in [0, 0.05) is 6.42 Å². The SMILES string of the molecule is CCCC(Nc1ncnc2c1ncn2C1OC(CO)CC1O)c1ccc(OC)cc1. The van der Waals surface area contributed by atoms with Gasteiger partial charge in [-0.15, -0.1) is 0 Å². The van der Waals surface area contributed by atoms with Gasteiger partial charge in [-0.1, -0.05) is 25.5 Å². The summed E-state index contributed by atoms with van der Waals surface area (Å²) in [6, 6.07) is 8.03. The fraction of sp³-hybridized carbons (Fsp3) is 0.476. The predicted octanol–water partition coefficient (Wildman–Crippen LogP) is 2.43. The molecule has 2 aromatic heterocycles. The first-order valence-corrected chi connectivity index (χ1v) is 10.2. The Morgan fingerprint density at radius 3 is 2.73 bits per heavy atom. The van der Waals surface area contributed by atoms with Gasteiger partial charge in [0.1, 0.15) is 18.2 Å². The Hall–Kier alpha value is -2.75. The molecule has 1 fully saturated rings. The summed E-state index contributed by atoms with van der Waals surface area (Å²) < 4.78 is 12.7. The molecule has 9 heteroatoms. The van der Waals surface area contributed by atoms with Crippen molar-refractivity contribution in [1.29, 1.82) is 0 Å². The summed E-state index contributed by atoms with van der Waals surface area (Å²) in [5, 5.41) is 23.2. The fourth-order valence-electron chi connectivity index (χ4n) is 3.85. The van der Waals surface area contributed by atoms with Gasteiger partial charge in [-0.2, -0.15) is 0 Å². The molecule has 0 aliphatic carbocycles. The van der Waals surface area contributed by atoms with Gasteiger partial charge >= 0.3 is 0 Å². The van der Waals surface area contributed by atoms with E-state index in [1.807, 2.05) is 24.3 Å². The van der Waals surface area contributed by atoms with Gasteiger partial charge in [0.2, 0.25) is 0 Å². The molecule has 0 saturated carbocycles. The summed E-state index contributed by atoms with van der Waals surface area (Å²) in [6.07, 6.45) is 3.59. The van der Waals surface area contributed by atoms with Gasteiger partial charge < -0.3 is 25.0 Å². The van der Waals surface area contributed by atoms with Crippen LogP contribution in [0.5, 0.6) is 5.75 Å². The number of anilines is 1. The van der Waals surface area contributed by atoms with E-state index >= 15 is 0 Å². The summed E-state index contributed by atoms with van der Waals surface area (Å²) in [5.41, 5.74) is 2.31. The van der Waals surface area contributed by atoms with E-state index in [1.54, 1.807) is 18.0 Å². The second kappa shape index (κ2) is 8.95. The van der Waals surface area contributed by atoms with Crippen LogP contribution in [0.4, 0.5) is 5.82 Å². The summed E-state index contributed by atoms with van der Waals surface area (Å²) in [4.78, 5) is 13.3. The number of aliphatic hydroxyl groups is 2. The minimum atomic E-state index is -0.738. The Bertz CT molecular complexity index is 977. The molecule has 3 heterocycles. The summed E-state index contributed by atoms with van der Waals surface area (Å²) in [6.45, 7) is 2.00. The third-order valence-electron chi connectivity index (χ3n) is 5.41. The van der Waals surface area contributed by atoms with Crippen LogP contribution in [0.25, 0.3) is 11.2 Å². The van der Waals surface area contributed by atoms with Crippen molar-refractivity contribution < 1.29 is 19.7 Å². The molecule has 1 aliphatic heterocycles. The maximum atomic E-state index is 10.3. The normalized spacial score (nSPS) is 22.3. The topological polar surface area (TPSA) is 115 Å². The van der Waals surface area contributed by atoms with Gasteiger partial charge in [0.25, 0.3) is 0 Å². The fourth-order valence-corrected chi connectivity index (χ4v) is 3.85. The molecular formula is C21H27N5O4. The average Bonchev–Trinajstić information content (AvgIpc) is 3.37. The zero-order valence-corrected chi connectivity index (χ0v) is 17.1. The van der Waals surface area contributed by atoms with E-state index in [-0.39, 0.29) is 12.6 Å². The lowest BCUT2D eigenvalue weighted by molar-refractivity contribution is -0.0486. The number of nitrogens with one attached hydrogen (secondary N) is 1. The molecule has 3 aromatic rings. The van der Waals surface area contributed by atoms with E-state index < -0.39 is 18.4 Å². The Morgan fingerprint density at radius 2 is 2.07 bits per heavy atom. The number of methoxy groups -OCH3 is 1. The lowest BCUT2D eigenvalue weighted by atomic mass is 10.0.